The highest BCUT2D eigenvalue weighted by Crippen LogP contribution is 2.33. The second kappa shape index (κ2) is 4.27. The molecule has 0 aliphatic carbocycles. The van der Waals surface area contributed by atoms with Crippen LogP contribution < -0.4 is 10.5 Å². The minimum atomic E-state index is 0.642. The van der Waals surface area contributed by atoms with Crippen molar-refractivity contribution in [1.29, 1.82) is 0 Å². The van der Waals surface area contributed by atoms with Crippen LogP contribution in [0.5, 0.6) is 5.75 Å². The van der Waals surface area contributed by atoms with Gasteiger partial charge in [-0.1, -0.05) is 0 Å². The molecule has 0 radical (unpaired) electrons. The lowest BCUT2D eigenvalue weighted by molar-refractivity contribution is 0.415. The summed E-state index contributed by atoms with van der Waals surface area (Å²) in [5.74, 6) is 0.826. The van der Waals surface area contributed by atoms with E-state index in [0.717, 1.165) is 26.7 Å². The molecule has 0 saturated heterocycles. The number of aromatic nitrogens is 2. The number of hydrogen-bond donors (Lipinski definition) is 1. The first-order valence-corrected chi connectivity index (χ1v) is 6.25. The highest BCUT2D eigenvalue weighted by molar-refractivity contribution is 7.21. The largest absolute Gasteiger partial charge is 0.497 e. The maximum Gasteiger partial charge on any atom is 0.145 e. The van der Waals surface area contributed by atoms with E-state index in [4.69, 9.17) is 10.5 Å². The Kier molecular flexibility index (Phi) is 2.60. The molecule has 4 nitrogen and oxygen atoms in total. The van der Waals surface area contributed by atoms with Gasteiger partial charge in [0.25, 0.3) is 0 Å². The summed E-state index contributed by atoms with van der Waals surface area (Å²) in [6.45, 7) is 0. The number of fused-ring (bicyclic) bond motifs is 1. The predicted octanol–water partition coefficient (Wildman–Crippen LogP) is 2.95. The number of nitrogen functional groups attached to an aromatic ring is 1. The van der Waals surface area contributed by atoms with Crippen LogP contribution in [0.15, 0.2) is 36.5 Å². The van der Waals surface area contributed by atoms with Crippen LogP contribution in [0.2, 0.25) is 0 Å². The number of rotatable bonds is 2. The fourth-order valence-electron chi connectivity index (χ4n) is 1.73. The number of ether oxygens (including phenoxy) is 1. The lowest BCUT2D eigenvalue weighted by Gasteiger charge is -1.98. The number of anilines is 1. The van der Waals surface area contributed by atoms with Gasteiger partial charge in [-0.15, -0.1) is 11.3 Å². The standard InChI is InChI=1S/C13H11N3OS/c1-17-8-4-5-10-11(7-8)18-13(16-10)12-9(14)3-2-6-15-12/h2-7H,14H2,1H3. The van der Waals surface area contributed by atoms with Gasteiger partial charge in [0.15, 0.2) is 0 Å². The second-order valence-electron chi connectivity index (χ2n) is 3.79. The minimum absolute atomic E-state index is 0.642. The lowest BCUT2D eigenvalue weighted by Crippen LogP contribution is -1.91. The number of thiazole rings is 1. The molecular weight excluding hydrogens is 246 g/mol. The van der Waals surface area contributed by atoms with Gasteiger partial charge in [-0.2, -0.15) is 0 Å². The van der Waals surface area contributed by atoms with Crippen LogP contribution in [0, 0.1) is 0 Å². The molecule has 0 unspecified atom stereocenters. The van der Waals surface area contributed by atoms with Gasteiger partial charge in [-0.3, -0.25) is 4.98 Å². The van der Waals surface area contributed by atoms with Crippen molar-refractivity contribution in [1.82, 2.24) is 9.97 Å². The van der Waals surface area contributed by atoms with Crippen molar-refractivity contribution in [2.24, 2.45) is 0 Å². The molecule has 5 heteroatoms. The summed E-state index contributed by atoms with van der Waals surface area (Å²) in [4.78, 5) is 8.82. The van der Waals surface area contributed by atoms with Crippen LogP contribution in [-0.4, -0.2) is 17.1 Å². The second-order valence-corrected chi connectivity index (χ2v) is 4.82. The van der Waals surface area contributed by atoms with E-state index in [2.05, 4.69) is 9.97 Å². The molecule has 2 heterocycles. The highest BCUT2D eigenvalue weighted by Gasteiger charge is 2.10. The van der Waals surface area contributed by atoms with Crippen molar-refractivity contribution in [2.75, 3.05) is 12.8 Å². The predicted molar refractivity (Wildman–Crippen MR) is 73.8 cm³/mol. The summed E-state index contributed by atoms with van der Waals surface area (Å²) in [7, 11) is 1.65. The minimum Gasteiger partial charge on any atom is -0.497 e. The van der Waals surface area contributed by atoms with Crippen molar-refractivity contribution in [3.63, 3.8) is 0 Å². The van der Waals surface area contributed by atoms with Gasteiger partial charge < -0.3 is 10.5 Å². The Morgan fingerprint density at radius 3 is 2.94 bits per heavy atom. The van der Waals surface area contributed by atoms with E-state index in [0.29, 0.717) is 5.69 Å². The van der Waals surface area contributed by atoms with Crippen molar-refractivity contribution in [3.05, 3.63) is 36.5 Å². The third-order valence-electron chi connectivity index (χ3n) is 2.64. The van der Waals surface area contributed by atoms with E-state index < -0.39 is 0 Å². The van der Waals surface area contributed by atoms with Gasteiger partial charge in [0.2, 0.25) is 0 Å². The Bertz CT molecular complexity index is 708. The number of pyridine rings is 1. The number of hydrogen-bond acceptors (Lipinski definition) is 5. The first-order valence-electron chi connectivity index (χ1n) is 5.43. The van der Waals surface area contributed by atoms with E-state index in [9.17, 15) is 0 Å². The van der Waals surface area contributed by atoms with Gasteiger partial charge in [-0.05, 0) is 30.3 Å². The molecular formula is C13H11N3OS. The summed E-state index contributed by atoms with van der Waals surface area (Å²) in [5, 5.41) is 0.830. The van der Waals surface area contributed by atoms with Gasteiger partial charge >= 0.3 is 0 Å². The zero-order valence-corrected chi connectivity index (χ0v) is 10.6. The Morgan fingerprint density at radius 2 is 2.17 bits per heavy atom. The van der Waals surface area contributed by atoms with Gasteiger partial charge in [-0.25, -0.2) is 4.98 Å². The molecule has 0 bridgehead atoms. The average Bonchev–Trinajstić information content (AvgIpc) is 2.81. The summed E-state index contributed by atoms with van der Waals surface area (Å²) in [6, 6.07) is 9.45. The number of benzene rings is 1. The van der Waals surface area contributed by atoms with Crippen LogP contribution >= 0.6 is 11.3 Å². The molecule has 3 rings (SSSR count). The first kappa shape index (κ1) is 11.0. The van der Waals surface area contributed by atoms with Crippen molar-refractivity contribution in [2.45, 2.75) is 0 Å². The molecule has 2 N–H and O–H groups in total. The smallest absolute Gasteiger partial charge is 0.145 e. The van der Waals surface area contributed by atoms with Crippen molar-refractivity contribution in [3.8, 4) is 16.5 Å². The van der Waals surface area contributed by atoms with E-state index >= 15 is 0 Å². The fourth-order valence-corrected chi connectivity index (χ4v) is 2.74. The van der Waals surface area contributed by atoms with E-state index in [1.54, 1.807) is 24.6 Å². The van der Waals surface area contributed by atoms with Gasteiger partial charge in [0, 0.05) is 6.20 Å². The third-order valence-corrected chi connectivity index (χ3v) is 3.66. The normalized spacial score (nSPS) is 10.7. The fraction of sp³-hybridized carbons (Fsp3) is 0.0769. The summed E-state index contributed by atoms with van der Waals surface area (Å²) in [6.07, 6.45) is 1.72. The molecule has 0 aliphatic heterocycles. The zero-order valence-electron chi connectivity index (χ0n) is 9.75. The average molecular weight is 257 g/mol. The Labute approximate surface area is 108 Å². The summed E-state index contributed by atoms with van der Waals surface area (Å²) < 4.78 is 6.26. The third kappa shape index (κ3) is 1.78. The molecule has 0 spiro atoms. The Hall–Kier alpha value is -2.14. The summed E-state index contributed by atoms with van der Waals surface area (Å²) in [5.41, 5.74) is 8.22. The molecule has 0 saturated carbocycles. The molecule has 1 aromatic carbocycles. The monoisotopic (exact) mass is 257 g/mol. The highest BCUT2D eigenvalue weighted by atomic mass is 32.1. The zero-order chi connectivity index (χ0) is 12.5. The number of nitrogens with zero attached hydrogens (tertiary/aromatic N) is 2. The quantitative estimate of drug-likeness (QED) is 0.766. The number of methoxy groups -OCH3 is 1. The van der Waals surface area contributed by atoms with Crippen molar-refractivity contribution >= 4 is 27.2 Å². The lowest BCUT2D eigenvalue weighted by atomic mass is 10.3. The van der Waals surface area contributed by atoms with E-state index in [-0.39, 0.29) is 0 Å². The molecule has 18 heavy (non-hydrogen) atoms. The molecule has 0 atom stereocenters. The summed E-state index contributed by atoms with van der Waals surface area (Å²) >= 11 is 1.56. The topological polar surface area (TPSA) is 61.0 Å². The van der Waals surface area contributed by atoms with E-state index in [1.165, 1.54) is 0 Å². The van der Waals surface area contributed by atoms with Gasteiger partial charge in [0.05, 0.1) is 23.0 Å². The molecule has 0 fully saturated rings. The number of nitrogens with two attached hydrogens (primary N) is 1. The molecule has 3 aromatic rings. The molecule has 2 aromatic heterocycles. The Balaban J connectivity index is 2.17. The van der Waals surface area contributed by atoms with Crippen LogP contribution in [0.4, 0.5) is 5.69 Å². The maximum atomic E-state index is 5.91. The van der Waals surface area contributed by atoms with Crippen LogP contribution in [0.25, 0.3) is 20.9 Å². The molecule has 0 aliphatic rings. The molecule has 0 amide bonds. The SMILES string of the molecule is COc1ccc2nc(-c3ncccc3N)sc2c1. The van der Waals surface area contributed by atoms with Crippen molar-refractivity contribution < 1.29 is 4.74 Å². The van der Waals surface area contributed by atoms with Crippen LogP contribution in [0.1, 0.15) is 0 Å². The maximum absolute atomic E-state index is 5.91. The van der Waals surface area contributed by atoms with Gasteiger partial charge in [0.1, 0.15) is 16.5 Å². The Morgan fingerprint density at radius 1 is 1.28 bits per heavy atom. The van der Waals surface area contributed by atoms with E-state index in [1.807, 2.05) is 30.3 Å². The van der Waals surface area contributed by atoms with Crippen LogP contribution in [-0.2, 0) is 0 Å². The van der Waals surface area contributed by atoms with Crippen LogP contribution in [0.3, 0.4) is 0 Å². The molecule has 90 valence electrons. The first-order chi connectivity index (χ1) is 8.78.